The molecule has 1 N–H and O–H groups in total. The predicted octanol–water partition coefficient (Wildman–Crippen LogP) is 3.65. The van der Waals surface area contributed by atoms with E-state index in [1.54, 1.807) is 19.1 Å². The molecule has 5 rings (SSSR count). The lowest BCUT2D eigenvalue weighted by Crippen LogP contribution is -2.35. The summed E-state index contributed by atoms with van der Waals surface area (Å²) in [7, 11) is 1.31. The number of hydrogen-bond acceptors (Lipinski definition) is 9. The molecule has 176 valence electrons. The number of carbonyl (C=O) groups excluding carboxylic acids is 1. The minimum atomic E-state index is -0.475. The van der Waals surface area contributed by atoms with Gasteiger partial charge in [0.05, 0.1) is 25.0 Å². The smallest absolute Gasteiger partial charge is 0.348 e. The summed E-state index contributed by atoms with van der Waals surface area (Å²) in [5.41, 5.74) is 0.875. The molecule has 34 heavy (non-hydrogen) atoms. The molecule has 1 atom stereocenters. The fourth-order valence-corrected chi connectivity index (χ4v) is 5.43. The van der Waals surface area contributed by atoms with E-state index >= 15 is 0 Å². The van der Waals surface area contributed by atoms with E-state index in [2.05, 4.69) is 25.0 Å². The number of aromatic nitrogens is 4. The third-order valence-corrected chi connectivity index (χ3v) is 7.14. The lowest BCUT2D eigenvalue weighted by Gasteiger charge is -2.30. The Bertz CT molecular complexity index is 1430. The zero-order valence-electron chi connectivity index (χ0n) is 18.6. The van der Waals surface area contributed by atoms with Gasteiger partial charge in [0, 0.05) is 12.1 Å². The molecular weight excluding hydrogens is 461 g/mol. The molecule has 0 amide bonds. The SMILES string of the molecule is COC(=O)c1sc2nc(CN3CCCC(c4nc(-c5cccc(F)c5)no4)C3)[nH]c(=O)c2c1C. The summed E-state index contributed by atoms with van der Waals surface area (Å²) < 4.78 is 23.8. The highest BCUT2D eigenvalue weighted by molar-refractivity contribution is 7.20. The van der Waals surface area contributed by atoms with Gasteiger partial charge < -0.3 is 14.2 Å². The highest BCUT2D eigenvalue weighted by Crippen LogP contribution is 2.30. The van der Waals surface area contributed by atoms with Gasteiger partial charge in [0.1, 0.15) is 21.3 Å². The van der Waals surface area contributed by atoms with Crippen LogP contribution in [0.3, 0.4) is 0 Å². The Balaban J connectivity index is 1.34. The number of hydrogen-bond donors (Lipinski definition) is 1. The first-order valence-electron chi connectivity index (χ1n) is 10.9. The summed E-state index contributed by atoms with van der Waals surface area (Å²) in [6.07, 6.45) is 1.80. The molecule has 11 heteroatoms. The Labute approximate surface area is 197 Å². The van der Waals surface area contributed by atoms with Crippen molar-refractivity contribution in [1.82, 2.24) is 25.0 Å². The summed E-state index contributed by atoms with van der Waals surface area (Å²) in [5.74, 6) is 0.592. The van der Waals surface area contributed by atoms with Gasteiger partial charge in [-0.1, -0.05) is 17.3 Å². The van der Waals surface area contributed by atoms with Crippen LogP contribution >= 0.6 is 11.3 Å². The Morgan fingerprint density at radius 3 is 3.03 bits per heavy atom. The van der Waals surface area contributed by atoms with Gasteiger partial charge in [0.25, 0.3) is 5.56 Å². The number of H-pyrrole nitrogens is 1. The van der Waals surface area contributed by atoms with E-state index in [9.17, 15) is 14.0 Å². The highest BCUT2D eigenvalue weighted by Gasteiger charge is 2.27. The number of nitrogens with zero attached hydrogens (tertiary/aromatic N) is 4. The molecule has 1 aromatic carbocycles. The van der Waals surface area contributed by atoms with Crippen LogP contribution in [-0.2, 0) is 11.3 Å². The van der Waals surface area contributed by atoms with Crippen LogP contribution in [0.25, 0.3) is 21.6 Å². The highest BCUT2D eigenvalue weighted by atomic mass is 32.1. The largest absolute Gasteiger partial charge is 0.465 e. The second kappa shape index (κ2) is 9.07. The van der Waals surface area contributed by atoms with Gasteiger partial charge in [-0.3, -0.25) is 9.69 Å². The maximum Gasteiger partial charge on any atom is 0.348 e. The quantitative estimate of drug-likeness (QED) is 0.428. The van der Waals surface area contributed by atoms with Crippen LogP contribution < -0.4 is 5.56 Å². The molecule has 3 aromatic heterocycles. The predicted molar refractivity (Wildman–Crippen MR) is 123 cm³/mol. The van der Waals surface area contributed by atoms with Crippen LogP contribution in [0.2, 0.25) is 0 Å². The molecule has 0 bridgehead atoms. The lowest BCUT2D eigenvalue weighted by molar-refractivity contribution is 0.0605. The molecule has 1 saturated heterocycles. The fraction of sp³-hybridized carbons (Fsp3) is 0.348. The monoisotopic (exact) mass is 483 g/mol. The second-order valence-electron chi connectivity index (χ2n) is 8.28. The molecule has 0 radical (unpaired) electrons. The number of likely N-dealkylation sites (tertiary alicyclic amines) is 1. The third kappa shape index (κ3) is 4.24. The number of benzene rings is 1. The van der Waals surface area contributed by atoms with Gasteiger partial charge in [-0.05, 0) is 44.0 Å². The van der Waals surface area contributed by atoms with Crippen LogP contribution in [0.5, 0.6) is 0 Å². The number of aryl methyl sites for hydroxylation is 1. The molecular formula is C23H22FN5O4S. The lowest BCUT2D eigenvalue weighted by atomic mass is 9.98. The number of esters is 1. The number of thiophene rings is 1. The fourth-order valence-electron chi connectivity index (χ4n) is 4.31. The Morgan fingerprint density at radius 2 is 2.24 bits per heavy atom. The van der Waals surface area contributed by atoms with E-state index in [4.69, 9.17) is 9.26 Å². The number of aromatic amines is 1. The Hall–Kier alpha value is -3.44. The topological polar surface area (TPSA) is 114 Å². The first-order chi connectivity index (χ1) is 16.4. The molecule has 1 unspecified atom stereocenters. The van der Waals surface area contributed by atoms with Crippen LogP contribution in [0, 0.1) is 12.7 Å². The van der Waals surface area contributed by atoms with E-state index < -0.39 is 5.97 Å². The zero-order chi connectivity index (χ0) is 23.8. The summed E-state index contributed by atoms with van der Waals surface area (Å²) >= 11 is 1.16. The van der Waals surface area contributed by atoms with Gasteiger partial charge in [-0.15, -0.1) is 11.3 Å². The van der Waals surface area contributed by atoms with E-state index in [0.717, 1.165) is 30.7 Å². The number of ether oxygens (including phenoxy) is 1. The number of carbonyl (C=O) groups is 1. The number of nitrogens with one attached hydrogen (secondary N) is 1. The van der Waals surface area contributed by atoms with E-state index in [0.29, 0.717) is 56.8 Å². The third-order valence-electron chi connectivity index (χ3n) is 5.97. The van der Waals surface area contributed by atoms with Crippen LogP contribution in [0.1, 0.15) is 45.7 Å². The number of methoxy groups -OCH3 is 1. The van der Waals surface area contributed by atoms with E-state index in [1.165, 1.54) is 19.2 Å². The van der Waals surface area contributed by atoms with Crippen LogP contribution in [-0.4, -0.2) is 51.2 Å². The first kappa shape index (κ1) is 22.4. The van der Waals surface area contributed by atoms with Crippen molar-refractivity contribution in [3.05, 3.63) is 62.6 Å². The normalized spacial score (nSPS) is 16.7. The van der Waals surface area contributed by atoms with Crippen molar-refractivity contribution in [1.29, 1.82) is 0 Å². The number of halogens is 1. The average Bonchev–Trinajstić information content (AvgIpc) is 3.44. The van der Waals surface area contributed by atoms with Crippen LogP contribution in [0.15, 0.2) is 33.6 Å². The number of fused-ring (bicyclic) bond motifs is 1. The molecule has 4 heterocycles. The number of piperidine rings is 1. The van der Waals surface area contributed by atoms with E-state index in [1.807, 2.05) is 0 Å². The van der Waals surface area contributed by atoms with Gasteiger partial charge in [-0.25, -0.2) is 14.2 Å². The molecule has 4 aromatic rings. The Kier molecular flexibility index (Phi) is 5.96. The zero-order valence-corrected chi connectivity index (χ0v) is 19.4. The average molecular weight is 484 g/mol. The first-order valence-corrected chi connectivity index (χ1v) is 11.7. The Morgan fingerprint density at radius 1 is 1.38 bits per heavy atom. The number of rotatable bonds is 5. The molecule has 1 aliphatic rings. The summed E-state index contributed by atoms with van der Waals surface area (Å²) in [6, 6.07) is 6.09. The van der Waals surface area contributed by atoms with Crippen molar-refractivity contribution in [2.75, 3.05) is 20.2 Å². The second-order valence-corrected chi connectivity index (χ2v) is 9.28. The van der Waals surface area contributed by atoms with Crippen LogP contribution in [0.4, 0.5) is 4.39 Å². The van der Waals surface area contributed by atoms with Gasteiger partial charge >= 0.3 is 5.97 Å². The van der Waals surface area contributed by atoms with E-state index in [-0.39, 0.29) is 17.3 Å². The van der Waals surface area contributed by atoms with Crippen molar-refractivity contribution < 1.29 is 18.4 Å². The summed E-state index contributed by atoms with van der Waals surface area (Å²) in [6.45, 7) is 3.65. The standard InChI is InChI=1S/C23H22FN5O4S/c1-12-17-20(30)25-16(26-22(17)34-18(12)23(31)32-2)11-29-8-4-6-14(10-29)21-27-19(28-33-21)13-5-3-7-15(24)9-13/h3,5,7,9,14H,4,6,8,10-11H2,1-2H3,(H,25,26,30). The van der Waals surface area contributed by atoms with Crippen molar-refractivity contribution in [2.24, 2.45) is 0 Å². The molecule has 1 fully saturated rings. The molecule has 0 spiro atoms. The van der Waals surface area contributed by atoms with Crippen molar-refractivity contribution in [3.8, 4) is 11.4 Å². The van der Waals surface area contributed by atoms with Gasteiger partial charge in [0.2, 0.25) is 11.7 Å². The summed E-state index contributed by atoms with van der Waals surface area (Å²) in [5, 5.41) is 4.44. The van der Waals surface area contributed by atoms with Crippen molar-refractivity contribution in [3.63, 3.8) is 0 Å². The molecule has 1 aliphatic heterocycles. The summed E-state index contributed by atoms with van der Waals surface area (Å²) in [4.78, 5) is 39.7. The molecule has 0 saturated carbocycles. The maximum absolute atomic E-state index is 13.5. The van der Waals surface area contributed by atoms with Crippen molar-refractivity contribution >= 4 is 27.5 Å². The maximum atomic E-state index is 13.5. The van der Waals surface area contributed by atoms with Gasteiger partial charge in [-0.2, -0.15) is 4.98 Å². The molecule has 9 nitrogen and oxygen atoms in total. The van der Waals surface area contributed by atoms with Crippen molar-refractivity contribution in [2.45, 2.75) is 32.2 Å². The minimum Gasteiger partial charge on any atom is -0.465 e. The minimum absolute atomic E-state index is 0.0221. The van der Waals surface area contributed by atoms with Gasteiger partial charge in [0.15, 0.2) is 0 Å². The molecule has 0 aliphatic carbocycles.